The Morgan fingerprint density at radius 1 is 1.30 bits per heavy atom. The lowest BCUT2D eigenvalue weighted by Crippen LogP contribution is -2.31. The molecule has 1 aliphatic rings. The summed E-state index contributed by atoms with van der Waals surface area (Å²) in [6.07, 6.45) is 2.43. The van der Waals surface area contributed by atoms with E-state index in [0.717, 1.165) is 16.6 Å². The molecule has 0 amide bonds. The zero-order valence-corrected chi connectivity index (χ0v) is 13.5. The molecular formula is C16H16BrNOS. The van der Waals surface area contributed by atoms with Crippen LogP contribution < -0.4 is 0 Å². The van der Waals surface area contributed by atoms with E-state index in [1.807, 2.05) is 24.3 Å². The molecule has 0 aliphatic heterocycles. The normalized spacial score (nSPS) is 14.7. The van der Waals surface area contributed by atoms with Crippen LogP contribution >= 0.6 is 27.3 Å². The Bertz CT molecular complexity index is 592. The first-order valence-corrected chi connectivity index (χ1v) is 8.50. The number of carbonyl (C=O) groups excluding carboxylic acids is 1. The fraction of sp³-hybridized carbons (Fsp3) is 0.312. The number of benzene rings is 1. The lowest BCUT2D eigenvalue weighted by atomic mass is 10.1. The zero-order valence-electron chi connectivity index (χ0n) is 11.1. The Morgan fingerprint density at radius 3 is 2.75 bits per heavy atom. The standard InChI is InChI=1S/C16H16BrNOS/c17-15-4-2-1-3-14(15)16(19)10-18(13-5-6-13)9-12-7-8-20-11-12/h1-4,7-8,11,13H,5-6,9-10H2. The first kappa shape index (κ1) is 14.0. The molecule has 1 aromatic heterocycles. The Balaban J connectivity index is 1.70. The minimum Gasteiger partial charge on any atom is -0.293 e. The quantitative estimate of drug-likeness (QED) is 0.722. The van der Waals surface area contributed by atoms with Crippen molar-refractivity contribution in [2.75, 3.05) is 6.54 Å². The van der Waals surface area contributed by atoms with Gasteiger partial charge in [0, 0.05) is 22.6 Å². The molecule has 1 heterocycles. The topological polar surface area (TPSA) is 20.3 Å². The molecule has 4 heteroatoms. The highest BCUT2D eigenvalue weighted by molar-refractivity contribution is 9.10. The minimum atomic E-state index is 0.194. The predicted octanol–water partition coefficient (Wildman–Crippen LogP) is 4.36. The molecule has 0 radical (unpaired) electrons. The van der Waals surface area contributed by atoms with Gasteiger partial charge < -0.3 is 0 Å². The van der Waals surface area contributed by atoms with Crippen LogP contribution in [0.3, 0.4) is 0 Å². The summed E-state index contributed by atoms with van der Waals surface area (Å²) < 4.78 is 0.885. The molecule has 0 spiro atoms. The van der Waals surface area contributed by atoms with E-state index in [-0.39, 0.29) is 5.78 Å². The third-order valence-corrected chi connectivity index (χ3v) is 4.97. The van der Waals surface area contributed by atoms with Crippen LogP contribution in [0.4, 0.5) is 0 Å². The first-order chi connectivity index (χ1) is 9.74. The van der Waals surface area contributed by atoms with Gasteiger partial charge in [-0.15, -0.1) is 0 Å². The molecule has 2 nitrogen and oxygen atoms in total. The highest BCUT2D eigenvalue weighted by Crippen LogP contribution is 2.29. The second kappa shape index (κ2) is 6.20. The molecule has 1 aliphatic carbocycles. The number of thiophene rings is 1. The molecule has 0 unspecified atom stereocenters. The molecule has 0 atom stereocenters. The average Bonchev–Trinajstić information content (AvgIpc) is 3.17. The molecular weight excluding hydrogens is 334 g/mol. The Kier molecular flexibility index (Phi) is 4.34. The van der Waals surface area contributed by atoms with E-state index < -0.39 is 0 Å². The van der Waals surface area contributed by atoms with E-state index in [2.05, 4.69) is 37.7 Å². The SMILES string of the molecule is O=C(CN(Cc1ccsc1)C1CC1)c1ccccc1Br. The average molecular weight is 350 g/mol. The maximum Gasteiger partial charge on any atom is 0.177 e. The van der Waals surface area contributed by atoms with Crippen molar-refractivity contribution in [1.29, 1.82) is 0 Å². The van der Waals surface area contributed by atoms with Gasteiger partial charge in [0.05, 0.1) is 6.54 Å². The van der Waals surface area contributed by atoms with Crippen molar-refractivity contribution in [2.45, 2.75) is 25.4 Å². The monoisotopic (exact) mass is 349 g/mol. The molecule has 0 bridgehead atoms. The number of hydrogen-bond donors (Lipinski definition) is 0. The molecule has 1 saturated carbocycles. The number of rotatable bonds is 6. The van der Waals surface area contributed by atoms with Crippen molar-refractivity contribution < 1.29 is 4.79 Å². The van der Waals surface area contributed by atoms with E-state index in [0.29, 0.717) is 12.6 Å². The molecule has 104 valence electrons. The molecule has 0 saturated heterocycles. The summed E-state index contributed by atoms with van der Waals surface area (Å²) in [6.45, 7) is 1.38. The summed E-state index contributed by atoms with van der Waals surface area (Å²) in [4.78, 5) is 14.8. The van der Waals surface area contributed by atoms with Crippen LogP contribution in [0.2, 0.25) is 0 Å². The highest BCUT2D eigenvalue weighted by atomic mass is 79.9. The molecule has 20 heavy (non-hydrogen) atoms. The molecule has 2 aromatic rings. The van der Waals surface area contributed by atoms with Crippen LogP contribution in [0.15, 0.2) is 45.6 Å². The van der Waals surface area contributed by atoms with Gasteiger partial charge in [-0.1, -0.05) is 34.1 Å². The third kappa shape index (κ3) is 3.37. The summed E-state index contributed by atoms with van der Waals surface area (Å²) in [5.41, 5.74) is 2.09. The Morgan fingerprint density at radius 2 is 2.10 bits per heavy atom. The number of Topliss-reactive ketones (excluding diaryl/α,β-unsaturated/α-hetero) is 1. The Hall–Kier alpha value is -0.970. The van der Waals surface area contributed by atoms with Crippen LogP contribution in [0.25, 0.3) is 0 Å². The summed E-state index contributed by atoms with van der Waals surface area (Å²) in [5.74, 6) is 0.194. The lowest BCUT2D eigenvalue weighted by Gasteiger charge is -2.20. The van der Waals surface area contributed by atoms with E-state index in [4.69, 9.17) is 0 Å². The van der Waals surface area contributed by atoms with Crippen molar-refractivity contribution in [1.82, 2.24) is 4.90 Å². The maximum absolute atomic E-state index is 12.5. The van der Waals surface area contributed by atoms with E-state index in [1.165, 1.54) is 18.4 Å². The van der Waals surface area contributed by atoms with Crippen molar-refractivity contribution in [3.05, 3.63) is 56.7 Å². The van der Waals surface area contributed by atoms with Crippen molar-refractivity contribution >= 4 is 33.0 Å². The zero-order chi connectivity index (χ0) is 13.9. The smallest absolute Gasteiger partial charge is 0.177 e. The highest BCUT2D eigenvalue weighted by Gasteiger charge is 2.30. The number of hydrogen-bond acceptors (Lipinski definition) is 3. The van der Waals surface area contributed by atoms with E-state index >= 15 is 0 Å². The molecule has 1 aromatic carbocycles. The Labute approximate surface area is 131 Å². The largest absolute Gasteiger partial charge is 0.293 e. The fourth-order valence-electron chi connectivity index (χ4n) is 2.33. The first-order valence-electron chi connectivity index (χ1n) is 6.77. The van der Waals surface area contributed by atoms with Crippen LogP contribution in [0.5, 0.6) is 0 Å². The van der Waals surface area contributed by atoms with Gasteiger partial charge in [-0.05, 0) is 41.3 Å². The summed E-state index contributed by atoms with van der Waals surface area (Å²) in [7, 11) is 0. The summed E-state index contributed by atoms with van der Waals surface area (Å²) >= 11 is 5.17. The molecule has 3 rings (SSSR count). The van der Waals surface area contributed by atoms with Gasteiger partial charge in [-0.2, -0.15) is 11.3 Å². The predicted molar refractivity (Wildman–Crippen MR) is 86.2 cm³/mol. The number of carbonyl (C=O) groups is 1. The van der Waals surface area contributed by atoms with Gasteiger partial charge in [0.1, 0.15) is 0 Å². The second-order valence-electron chi connectivity index (χ2n) is 5.17. The number of nitrogens with zero attached hydrogens (tertiary/aromatic N) is 1. The molecule has 1 fully saturated rings. The van der Waals surface area contributed by atoms with Gasteiger partial charge in [0.2, 0.25) is 0 Å². The van der Waals surface area contributed by atoms with Crippen LogP contribution in [0, 0.1) is 0 Å². The van der Waals surface area contributed by atoms with Crippen molar-refractivity contribution in [3.63, 3.8) is 0 Å². The maximum atomic E-state index is 12.5. The van der Waals surface area contributed by atoms with Crippen molar-refractivity contribution in [2.24, 2.45) is 0 Å². The molecule has 0 N–H and O–H groups in total. The minimum absolute atomic E-state index is 0.194. The van der Waals surface area contributed by atoms with Gasteiger partial charge in [0.25, 0.3) is 0 Å². The van der Waals surface area contributed by atoms with Crippen LogP contribution in [0.1, 0.15) is 28.8 Å². The number of ketones is 1. The van der Waals surface area contributed by atoms with Gasteiger partial charge in [-0.25, -0.2) is 0 Å². The van der Waals surface area contributed by atoms with Crippen LogP contribution in [-0.4, -0.2) is 23.3 Å². The van der Waals surface area contributed by atoms with Crippen molar-refractivity contribution in [3.8, 4) is 0 Å². The summed E-state index contributed by atoms with van der Waals surface area (Å²) in [5, 5.41) is 4.26. The van der Waals surface area contributed by atoms with Crippen LogP contribution in [-0.2, 0) is 6.54 Å². The van der Waals surface area contributed by atoms with E-state index in [9.17, 15) is 4.79 Å². The number of halogens is 1. The van der Waals surface area contributed by atoms with Gasteiger partial charge >= 0.3 is 0 Å². The van der Waals surface area contributed by atoms with Gasteiger partial charge in [0.15, 0.2) is 5.78 Å². The lowest BCUT2D eigenvalue weighted by molar-refractivity contribution is 0.0918. The van der Waals surface area contributed by atoms with Gasteiger partial charge in [-0.3, -0.25) is 9.69 Å². The second-order valence-corrected chi connectivity index (χ2v) is 6.81. The fourth-order valence-corrected chi connectivity index (χ4v) is 3.49. The third-order valence-electron chi connectivity index (χ3n) is 3.55. The summed E-state index contributed by atoms with van der Waals surface area (Å²) in [6, 6.07) is 10.4. The van der Waals surface area contributed by atoms with E-state index in [1.54, 1.807) is 11.3 Å².